The summed E-state index contributed by atoms with van der Waals surface area (Å²) in [6.45, 7) is 2.48. The standard InChI is InChI=1S/C25H22N2O4S/c1-3-31-18-15-13-17(14-16-18)26-22-23(32-19-9-5-4-6-10-19)25(29)27(24(22)28)20-11-7-8-12-21(20)30-2/h4-16,26H,3H2,1-2H3. The number of imide groups is 1. The van der Waals surface area contributed by atoms with E-state index in [1.54, 1.807) is 24.3 Å². The fourth-order valence-corrected chi connectivity index (χ4v) is 4.25. The number of benzene rings is 3. The van der Waals surface area contributed by atoms with Crippen LogP contribution in [0.5, 0.6) is 11.5 Å². The third-order valence-corrected chi connectivity index (χ3v) is 5.86. The Bertz CT molecular complexity index is 1160. The molecule has 0 aromatic heterocycles. The van der Waals surface area contributed by atoms with Crippen LogP contribution in [0, 0.1) is 0 Å². The fourth-order valence-electron chi connectivity index (χ4n) is 3.30. The molecule has 0 fully saturated rings. The Morgan fingerprint density at radius 2 is 1.56 bits per heavy atom. The molecule has 1 aliphatic heterocycles. The molecule has 7 heteroatoms. The Morgan fingerprint density at radius 1 is 0.875 bits per heavy atom. The minimum atomic E-state index is -0.438. The Hall–Kier alpha value is -3.71. The van der Waals surface area contributed by atoms with Crippen molar-refractivity contribution in [3.05, 3.63) is 89.5 Å². The highest BCUT2D eigenvalue weighted by molar-refractivity contribution is 8.04. The highest BCUT2D eigenvalue weighted by Gasteiger charge is 2.41. The quantitative estimate of drug-likeness (QED) is 0.487. The number of para-hydroxylation sites is 2. The molecule has 0 unspecified atom stereocenters. The molecule has 0 spiro atoms. The molecule has 6 nitrogen and oxygen atoms in total. The minimum absolute atomic E-state index is 0.221. The van der Waals surface area contributed by atoms with E-state index in [4.69, 9.17) is 9.47 Å². The lowest BCUT2D eigenvalue weighted by Crippen LogP contribution is -2.32. The number of thioether (sulfide) groups is 1. The lowest BCUT2D eigenvalue weighted by atomic mass is 10.2. The van der Waals surface area contributed by atoms with Crippen LogP contribution in [0.4, 0.5) is 11.4 Å². The Kier molecular flexibility index (Phi) is 6.47. The molecule has 0 aliphatic carbocycles. The van der Waals surface area contributed by atoms with Gasteiger partial charge < -0.3 is 14.8 Å². The SMILES string of the molecule is CCOc1ccc(NC2=C(Sc3ccccc3)C(=O)N(c3ccccc3OC)C2=O)cc1. The number of nitrogens with one attached hydrogen (secondary N) is 1. The zero-order valence-corrected chi connectivity index (χ0v) is 18.5. The third kappa shape index (κ3) is 4.33. The van der Waals surface area contributed by atoms with Gasteiger partial charge in [-0.25, -0.2) is 4.90 Å². The Labute approximate surface area is 190 Å². The van der Waals surface area contributed by atoms with E-state index in [9.17, 15) is 9.59 Å². The molecular weight excluding hydrogens is 424 g/mol. The molecule has 0 saturated carbocycles. The van der Waals surface area contributed by atoms with Crippen molar-refractivity contribution in [3.8, 4) is 11.5 Å². The number of nitrogens with zero attached hydrogens (tertiary/aromatic N) is 1. The monoisotopic (exact) mass is 446 g/mol. The highest BCUT2D eigenvalue weighted by Crippen LogP contribution is 2.40. The zero-order chi connectivity index (χ0) is 22.5. The van der Waals surface area contributed by atoms with Crippen LogP contribution in [0.1, 0.15) is 6.92 Å². The number of rotatable bonds is 8. The molecular formula is C25H22N2O4S. The number of methoxy groups -OCH3 is 1. The van der Waals surface area contributed by atoms with Gasteiger partial charge in [-0.05, 0) is 55.5 Å². The molecule has 32 heavy (non-hydrogen) atoms. The number of amides is 2. The fraction of sp³-hybridized carbons (Fsp3) is 0.120. The number of carbonyl (C=O) groups excluding carboxylic acids is 2. The van der Waals surface area contributed by atoms with Crippen LogP contribution in [0.2, 0.25) is 0 Å². The van der Waals surface area contributed by atoms with Gasteiger partial charge in [-0.2, -0.15) is 0 Å². The van der Waals surface area contributed by atoms with Crippen molar-refractivity contribution >= 4 is 35.0 Å². The van der Waals surface area contributed by atoms with Gasteiger partial charge in [-0.1, -0.05) is 42.1 Å². The molecule has 4 rings (SSSR count). The molecule has 162 valence electrons. The molecule has 0 atom stereocenters. The highest BCUT2D eigenvalue weighted by atomic mass is 32.2. The van der Waals surface area contributed by atoms with Crippen molar-refractivity contribution in [1.82, 2.24) is 0 Å². The average Bonchev–Trinajstić information content (AvgIpc) is 3.05. The van der Waals surface area contributed by atoms with Crippen molar-refractivity contribution in [2.75, 3.05) is 23.9 Å². The molecule has 0 bridgehead atoms. The average molecular weight is 447 g/mol. The number of anilines is 2. The molecule has 0 radical (unpaired) electrons. The summed E-state index contributed by atoms with van der Waals surface area (Å²) in [5, 5.41) is 3.15. The van der Waals surface area contributed by atoms with Gasteiger partial charge >= 0.3 is 0 Å². The summed E-state index contributed by atoms with van der Waals surface area (Å²) in [4.78, 5) is 29.2. The number of carbonyl (C=O) groups is 2. The molecule has 1 heterocycles. The van der Waals surface area contributed by atoms with Crippen LogP contribution in [0.25, 0.3) is 0 Å². The summed E-state index contributed by atoms with van der Waals surface area (Å²) in [6.07, 6.45) is 0. The van der Waals surface area contributed by atoms with Crippen LogP contribution in [-0.4, -0.2) is 25.5 Å². The van der Waals surface area contributed by atoms with E-state index >= 15 is 0 Å². The predicted octanol–water partition coefficient (Wildman–Crippen LogP) is 5.08. The van der Waals surface area contributed by atoms with Crippen molar-refractivity contribution < 1.29 is 19.1 Å². The second-order valence-electron chi connectivity index (χ2n) is 6.82. The van der Waals surface area contributed by atoms with E-state index < -0.39 is 11.8 Å². The largest absolute Gasteiger partial charge is 0.495 e. The van der Waals surface area contributed by atoms with Gasteiger partial charge in [0.05, 0.1) is 19.4 Å². The van der Waals surface area contributed by atoms with Crippen LogP contribution in [-0.2, 0) is 9.59 Å². The second-order valence-corrected chi connectivity index (χ2v) is 7.90. The van der Waals surface area contributed by atoms with E-state index in [-0.39, 0.29) is 5.70 Å². The molecule has 0 saturated heterocycles. The van der Waals surface area contributed by atoms with Crippen molar-refractivity contribution in [1.29, 1.82) is 0 Å². The van der Waals surface area contributed by atoms with Gasteiger partial charge in [0.15, 0.2) is 0 Å². The lowest BCUT2D eigenvalue weighted by Gasteiger charge is -2.18. The number of ether oxygens (including phenoxy) is 2. The topological polar surface area (TPSA) is 67.9 Å². The first-order valence-corrected chi connectivity index (χ1v) is 10.9. The summed E-state index contributed by atoms with van der Waals surface area (Å²) in [7, 11) is 1.51. The van der Waals surface area contributed by atoms with Gasteiger partial charge in [0, 0.05) is 10.6 Å². The van der Waals surface area contributed by atoms with Gasteiger partial charge in [-0.15, -0.1) is 0 Å². The predicted molar refractivity (Wildman–Crippen MR) is 126 cm³/mol. The van der Waals surface area contributed by atoms with Crippen molar-refractivity contribution in [3.63, 3.8) is 0 Å². The molecule has 3 aromatic rings. The first-order valence-electron chi connectivity index (χ1n) is 10.1. The van der Waals surface area contributed by atoms with E-state index in [0.717, 1.165) is 15.5 Å². The Morgan fingerprint density at radius 3 is 2.25 bits per heavy atom. The van der Waals surface area contributed by atoms with E-state index in [1.807, 2.05) is 61.5 Å². The molecule has 3 aromatic carbocycles. The maximum Gasteiger partial charge on any atom is 0.283 e. The molecule has 2 amide bonds. The maximum atomic E-state index is 13.5. The van der Waals surface area contributed by atoms with Crippen LogP contribution >= 0.6 is 11.8 Å². The van der Waals surface area contributed by atoms with Gasteiger partial charge in [-0.3, -0.25) is 9.59 Å². The first-order chi connectivity index (χ1) is 15.6. The minimum Gasteiger partial charge on any atom is -0.495 e. The van der Waals surface area contributed by atoms with Crippen molar-refractivity contribution in [2.24, 2.45) is 0 Å². The Balaban J connectivity index is 1.72. The summed E-state index contributed by atoms with van der Waals surface area (Å²) in [5.74, 6) is 0.338. The van der Waals surface area contributed by atoms with Gasteiger partial charge in [0.25, 0.3) is 11.8 Å². The van der Waals surface area contributed by atoms with Crippen LogP contribution < -0.4 is 19.7 Å². The van der Waals surface area contributed by atoms with Gasteiger partial charge in [0.2, 0.25) is 0 Å². The summed E-state index contributed by atoms with van der Waals surface area (Å²) < 4.78 is 10.9. The smallest absolute Gasteiger partial charge is 0.283 e. The van der Waals surface area contributed by atoms with Crippen LogP contribution in [0.15, 0.2) is 94.4 Å². The first kappa shape index (κ1) is 21.5. The number of hydrogen-bond acceptors (Lipinski definition) is 6. The third-order valence-electron chi connectivity index (χ3n) is 4.77. The van der Waals surface area contributed by atoms with E-state index in [1.165, 1.54) is 18.9 Å². The molecule has 1 N–H and O–H groups in total. The number of hydrogen-bond donors (Lipinski definition) is 1. The summed E-state index contributed by atoms with van der Waals surface area (Å²) in [5.41, 5.74) is 1.30. The summed E-state index contributed by atoms with van der Waals surface area (Å²) >= 11 is 1.25. The van der Waals surface area contributed by atoms with E-state index in [2.05, 4.69) is 5.32 Å². The van der Waals surface area contributed by atoms with Crippen LogP contribution in [0.3, 0.4) is 0 Å². The molecule has 1 aliphatic rings. The second kappa shape index (κ2) is 9.62. The van der Waals surface area contributed by atoms with E-state index in [0.29, 0.717) is 28.6 Å². The maximum absolute atomic E-state index is 13.5. The van der Waals surface area contributed by atoms with Gasteiger partial charge in [0.1, 0.15) is 22.1 Å². The normalized spacial score (nSPS) is 13.5. The summed E-state index contributed by atoms with van der Waals surface area (Å²) in [6, 6.07) is 23.7. The zero-order valence-electron chi connectivity index (χ0n) is 17.7. The lowest BCUT2D eigenvalue weighted by molar-refractivity contribution is -0.120. The van der Waals surface area contributed by atoms with Crippen molar-refractivity contribution in [2.45, 2.75) is 11.8 Å².